The van der Waals surface area contributed by atoms with E-state index in [1.807, 2.05) is 45.0 Å². The van der Waals surface area contributed by atoms with Crippen molar-refractivity contribution in [2.24, 2.45) is 0 Å². The Labute approximate surface area is 156 Å². The lowest BCUT2D eigenvalue weighted by Crippen LogP contribution is -2.17. The lowest BCUT2D eigenvalue weighted by molar-refractivity contribution is -0.113. The van der Waals surface area contributed by atoms with E-state index in [4.69, 9.17) is 0 Å². The Kier molecular flexibility index (Phi) is 4.24. The predicted octanol–water partition coefficient (Wildman–Crippen LogP) is 3.36. The molecule has 6 nitrogen and oxygen atoms in total. The summed E-state index contributed by atoms with van der Waals surface area (Å²) < 4.78 is 1.66. The second-order valence-electron chi connectivity index (χ2n) is 6.36. The SMILES string of the molecule is Cc1cc(C)nc(-n2nc(C)c3c2NC(=O)CS[C@H]3c2ccccc2)n1. The first-order valence-corrected chi connectivity index (χ1v) is 9.46. The molecule has 1 N–H and O–H groups in total. The molecule has 0 aliphatic carbocycles. The minimum atomic E-state index is -0.0415. The zero-order chi connectivity index (χ0) is 18.3. The largest absolute Gasteiger partial charge is 0.309 e. The number of fused-ring (bicyclic) bond motifs is 1. The fourth-order valence-electron chi connectivity index (χ4n) is 3.22. The molecular formula is C19H19N5OS. The Balaban J connectivity index is 1.92. The third kappa shape index (κ3) is 2.99. The smallest absolute Gasteiger partial charge is 0.252 e. The van der Waals surface area contributed by atoms with Crippen LogP contribution in [0.25, 0.3) is 5.95 Å². The predicted molar refractivity (Wildman–Crippen MR) is 103 cm³/mol. The van der Waals surface area contributed by atoms with Crippen molar-refractivity contribution in [1.29, 1.82) is 0 Å². The van der Waals surface area contributed by atoms with Crippen molar-refractivity contribution in [2.45, 2.75) is 26.0 Å². The molecule has 26 heavy (non-hydrogen) atoms. The quantitative estimate of drug-likeness (QED) is 0.754. The van der Waals surface area contributed by atoms with Gasteiger partial charge in [0.15, 0.2) is 0 Å². The second-order valence-corrected chi connectivity index (χ2v) is 7.45. The van der Waals surface area contributed by atoms with Gasteiger partial charge in [-0.15, -0.1) is 11.8 Å². The van der Waals surface area contributed by atoms with Crippen molar-refractivity contribution < 1.29 is 4.79 Å². The highest BCUT2D eigenvalue weighted by molar-refractivity contribution is 8.00. The van der Waals surface area contributed by atoms with E-state index in [-0.39, 0.29) is 11.2 Å². The maximum Gasteiger partial charge on any atom is 0.252 e. The number of rotatable bonds is 2. The van der Waals surface area contributed by atoms with Crippen LogP contribution in [0, 0.1) is 20.8 Å². The fourth-order valence-corrected chi connectivity index (χ4v) is 4.41. The summed E-state index contributed by atoms with van der Waals surface area (Å²) in [7, 11) is 0. The van der Waals surface area contributed by atoms with Gasteiger partial charge in [0, 0.05) is 17.0 Å². The van der Waals surface area contributed by atoms with Gasteiger partial charge >= 0.3 is 0 Å². The van der Waals surface area contributed by atoms with E-state index in [1.54, 1.807) is 16.4 Å². The van der Waals surface area contributed by atoms with Crippen LogP contribution < -0.4 is 5.32 Å². The second kappa shape index (κ2) is 6.57. The Bertz CT molecular complexity index is 963. The van der Waals surface area contributed by atoms with Gasteiger partial charge < -0.3 is 5.32 Å². The highest BCUT2D eigenvalue weighted by Crippen LogP contribution is 2.43. The van der Waals surface area contributed by atoms with E-state index >= 15 is 0 Å². The number of carbonyl (C=O) groups is 1. The summed E-state index contributed by atoms with van der Waals surface area (Å²) in [6.45, 7) is 5.81. The van der Waals surface area contributed by atoms with Crippen molar-refractivity contribution in [3.8, 4) is 5.95 Å². The molecule has 132 valence electrons. The number of aromatic nitrogens is 4. The van der Waals surface area contributed by atoms with Crippen molar-refractivity contribution in [3.63, 3.8) is 0 Å². The number of carbonyl (C=O) groups excluding carboxylic acids is 1. The topological polar surface area (TPSA) is 72.7 Å². The molecule has 0 fully saturated rings. The maximum atomic E-state index is 12.3. The molecule has 0 spiro atoms. The van der Waals surface area contributed by atoms with Crippen LogP contribution in [0.1, 0.15) is 33.5 Å². The molecule has 7 heteroatoms. The van der Waals surface area contributed by atoms with Gasteiger partial charge in [-0.3, -0.25) is 4.79 Å². The van der Waals surface area contributed by atoms with Crippen molar-refractivity contribution in [1.82, 2.24) is 19.7 Å². The maximum absolute atomic E-state index is 12.3. The molecule has 1 atom stereocenters. The molecular weight excluding hydrogens is 346 g/mol. The monoisotopic (exact) mass is 365 g/mol. The Hall–Kier alpha value is -2.67. The number of anilines is 1. The van der Waals surface area contributed by atoms with Crippen LogP contribution in [0.15, 0.2) is 36.4 Å². The standard InChI is InChI=1S/C19H19N5OS/c1-11-9-12(2)21-19(20-11)24-18-16(13(3)23-24)17(26-10-15(25)22-18)14-7-5-4-6-8-14/h4-9,17H,10H2,1-3H3,(H,22,25)/t17-/m0/s1. The van der Waals surface area contributed by atoms with Crippen molar-refractivity contribution >= 4 is 23.5 Å². The summed E-state index contributed by atoms with van der Waals surface area (Å²) in [5, 5.41) is 7.70. The first-order valence-electron chi connectivity index (χ1n) is 8.41. The lowest BCUT2D eigenvalue weighted by Gasteiger charge is -2.15. The molecule has 1 aliphatic rings. The van der Waals surface area contributed by atoms with Gasteiger partial charge in [-0.1, -0.05) is 30.3 Å². The molecule has 0 unspecified atom stereocenters. The average molecular weight is 365 g/mol. The summed E-state index contributed by atoms with van der Waals surface area (Å²) in [4.78, 5) is 21.4. The van der Waals surface area contributed by atoms with Crippen molar-refractivity contribution in [3.05, 3.63) is 64.6 Å². The van der Waals surface area contributed by atoms with Crippen LogP contribution >= 0.6 is 11.8 Å². The van der Waals surface area contributed by atoms with Crippen LogP contribution in [0.2, 0.25) is 0 Å². The van der Waals surface area contributed by atoms with Gasteiger partial charge in [0.05, 0.1) is 16.7 Å². The number of nitrogens with one attached hydrogen (secondary N) is 1. The van der Waals surface area contributed by atoms with E-state index in [0.29, 0.717) is 17.5 Å². The lowest BCUT2D eigenvalue weighted by atomic mass is 10.0. The first-order chi connectivity index (χ1) is 12.5. The molecule has 4 rings (SSSR count). The molecule has 2 aromatic heterocycles. The zero-order valence-corrected chi connectivity index (χ0v) is 15.7. The summed E-state index contributed by atoms with van der Waals surface area (Å²) in [5.41, 5.74) is 4.76. The van der Waals surface area contributed by atoms with E-state index in [9.17, 15) is 4.79 Å². The molecule has 1 aliphatic heterocycles. The van der Waals surface area contributed by atoms with Gasteiger partial charge in [-0.25, -0.2) is 9.97 Å². The van der Waals surface area contributed by atoms with E-state index in [0.717, 1.165) is 28.2 Å². The summed E-state index contributed by atoms with van der Waals surface area (Å²) in [6.07, 6.45) is 0. The average Bonchev–Trinajstić information content (AvgIpc) is 2.81. The number of thioether (sulfide) groups is 1. The molecule has 0 saturated heterocycles. The number of benzene rings is 1. The van der Waals surface area contributed by atoms with E-state index in [1.165, 1.54) is 0 Å². The van der Waals surface area contributed by atoms with Gasteiger partial charge in [-0.05, 0) is 32.4 Å². The summed E-state index contributed by atoms with van der Waals surface area (Å²) in [6, 6.07) is 12.1. The molecule has 3 aromatic rings. The Morgan fingerprint density at radius 1 is 1.12 bits per heavy atom. The minimum Gasteiger partial charge on any atom is -0.309 e. The Morgan fingerprint density at radius 3 is 2.50 bits per heavy atom. The molecule has 1 aromatic carbocycles. The van der Waals surface area contributed by atoms with Crippen LogP contribution in [0.3, 0.4) is 0 Å². The van der Waals surface area contributed by atoms with Crippen molar-refractivity contribution in [2.75, 3.05) is 11.1 Å². The fraction of sp³-hybridized carbons (Fsp3) is 0.263. The Morgan fingerprint density at radius 2 is 1.81 bits per heavy atom. The van der Waals surface area contributed by atoms with Gasteiger partial charge in [-0.2, -0.15) is 9.78 Å². The normalized spacial score (nSPS) is 16.7. The molecule has 0 radical (unpaired) electrons. The molecule has 3 heterocycles. The van der Waals surface area contributed by atoms with Crippen LogP contribution in [-0.2, 0) is 4.79 Å². The number of hydrogen-bond donors (Lipinski definition) is 1. The minimum absolute atomic E-state index is 0.0322. The zero-order valence-electron chi connectivity index (χ0n) is 14.9. The van der Waals surface area contributed by atoms with Gasteiger partial charge in [0.25, 0.3) is 5.95 Å². The van der Waals surface area contributed by atoms with E-state index < -0.39 is 0 Å². The third-order valence-corrected chi connectivity index (χ3v) is 5.54. The van der Waals surface area contributed by atoms with E-state index in [2.05, 4.69) is 32.5 Å². The van der Waals surface area contributed by atoms with Crippen LogP contribution in [0.5, 0.6) is 0 Å². The highest BCUT2D eigenvalue weighted by Gasteiger charge is 2.31. The number of nitrogens with zero attached hydrogens (tertiary/aromatic N) is 4. The van der Waals surface area contributed by atoms with Crippen LogP contribution in [-0.4, -0.2) is 31.4 Å². The highest BCUT2D eigenvalue weighted by atomic mass is 32.2. The molecule has 0 bridgehead atoms. The molecule has 0 saturated carbocycles. The summed E-state index contributed by atoms with van der Waals surface area (Å²) >= 11 is 1.61. The van der Waals surface area contributed by atoms with Crippen LogP contribution in [0.4, 0.5) is 5.82 Å². The first kappa shape index (κ1) is 16.8. The molecule has 1 amide bonds. The van der Waals surface area contributed by atoms with Gasteiger partial charge in [0.2, 0.25) is 5.91 Å². The summed E-state index contributed by atoms with van der Waals surface area (Å²) in [5.74, 6) is 1.49. The third-order valence-electron chi connectivity index (χ3n) is 4.27. The van der Waals surface area contributed by atoms with Gasteiger partial charge in [0.1, 0.15) is 5.82 Å². The number of hydrogen-bond acceptors (Lipinski definition) is 5. The number of amides is 1. The number of aryl methyl sites for hydroxylation is 3.